The van der Waals surface area contributed by atoms with E-state index in [1.165, 1.54) is 0 Å². The number of carbonyl (C=O) groups excluding carboxylic acids is 1. The average Bonchev–Trinajstić information content (AvgIpc) is 3.01. The number of likely N-dealkylation sites (tertiary alicyclic amines) is 2. The van der Waals surface area contributed by atoms with Gasteiger partial charge in [0.15, 0.2) is 5.78 Å². The molecule has 2 aromatic carbocycles. The average molecular weight is 694 g/mol. The molecule has 0 bridgehead atoms. The van der Waals surface area contributed by atoms with Gasteiger partial charge in [0.1, 0.15) is 23.0 Å². The van der Waals surface area contributed by atoms with Crippen molar-refractivity contribution in [3.05, 3.63) is 46.5 Å². The van der Waals surface area contributed by atoms with Crippen LogP contribution in [0.15, 0.2) is 24.3 Å². The number of methoxy groups -OCH3 is 4. The SMILES string of the molecule is CCN(C(C)C)C(C)C.COc1cc(C)c(C2CCN(C)CC2=O)c(OC)c1.COc1cc(C)c(C2CCN(C)CC2O)c(OC)c1.Cl. The fourth-order valence-electron chi connectivity index (χ4n) is 6.99. The molecule has 1 N–H and O–H groups in total. The molecule has 0 saturated carbocycles. The molecule has 2 aliphatic rings. The Bertz CT molecular complexity index is 1270. The Labute approximate surface area is 297 Å². The number of ether oxygens (including phenoxy) is 4. The van der Waals surface area contributed by atoms with Gasteiger partial charge in [-0.05, 0) is 111 Å². The second kappa shape index (κ2) is 20.8. The standard InChI is InChI=1S/C15H23NO3.C15H21NO3.C8H19N.ClH/c2*1-10-7-11(18-3)8-14(19-4)15(10)12-5-6-16(2)9-13(12)17;1-6-9(7(2)3)8(4)5;/h7-8,12-13,17H,5-6,9H2,1-4H3;7-8,12H,5-6,9H2,1-4H3;7-8H,6H2,1-5H3;1H. The molecule has 3 atom stereocenters. The number of aryl methyl sites for hydroxylation is 2. The lowest BCUT2D eigenvalue weighted by Crippen LogP contribution is -2.40. The molecule has 0 aliphatic carbocycles. The van der Waals surface area contributed by atoms with Crippen molar-refractivity contribution >= 4 is 18.2 Å². The normalized spacial score (nSPS) is 19.9. The van der Waals surface area contributed by atoms with Crippen molar-refractivity contribution in [2.24, 2.45) is 0 Å². The molecular weight excluding hydrogens is 630 g/mol. The number of Topliss-reactive ketones (excluding diaryl/α,β-unsaturated/α-hetero) is 1. The maximum atomic E-state index is 12.3. The highest BCUT2D eigenvalue weighted by atomic mass is 35.5. The fraction of sp³-hybridized carbons (Fsp3) is 0.658. The minimum atomic E-state index is -0.347. The third-order valence-corrected chi connectivity index (χ3v) is 9.37. The first-order valence-electron chi connectivity index (χ1n) is 17.0. The number of benzene rings is 2. The zero-order chi connectivity index (χ0) is 35.4. The summed E-state index contributed by atoms with van der Waals surface area (Å²) in [5.41, 5.74) is 4.30. The van der Waals surface area contributed by atoms with E-state index in [-0.39, 0.29) is 36.1 Å². The molecule has 2 fully saturated rings. The molecule has 48 heavy (non-hydrogen) atoms. The third kappa shape index (κ3) is 11.8. The second-order valence-corrected chi connectivity index (χ2v) is 13.4. The molecular formula is C38H64ClN3O6. The summed E-state index contributed by atoms with van der Waals surface area (Å²) >= 11 is 0. The predicted octanol–water partition coefficient (Wildman–Crippen LogP) is 6.34. The van der Waals surface area contributed by atoms with Crippen LogP contribution < -0.4 is 18.9 Å². The van der Waals surface area contributed by atoms with E-state index in [1.807, 2.05) is 52.2 Å². The number of piperidine rings is 2. The van der Waals surface area contributed by atoms with Crippen molar-refractivity contribution in [2.75, 3.05) is 75.3 Å². The molecule has 0 aromatic heterocycles. The van der Waals surface area contributed by atoms with Gasteiger partial charge in [0.2, 0.25) is 0 Å². The smallest absolute Gasteiger partial charge is 0.154 e. The van der Waals surface area contributed by atoms with Crippen LogP contribution in [0.2, 0.25) is 0 Å². The lowest BCUT2D eigenvalue weighted by Gasteiger charge is -2.35. The molecule has 0 amide bonds. The van der Waals surface area contributed by atoms with Crippen LogP contribution in [0.5, 0.6) is 23.0 Å². The number of rotatable bonds is 9. The lowest BCUT2D eigenvalue weighted by molar-refractivity contribution is -0.123. The Hall–Kier alpha value is -2.56. The monoisotopic (exact) mass is 693 g/mol. The summed E-state index contributed by atoms with van der Waals surface area (Å²) in [4.78, 5) is 18.9. The van der Waals surface area contributed by atoms with Crippen molar-refractivity contribution in [1.82, 2.24) is 14.7 Å². The van der Waals surface area contributed by atoms with Crippen LogP contribution >= 0.6 is 12.4 Å². The quantitative estimate of drug-likeness (QED) is 0.324. The summed E-state index contributed by atoms with van der Waals surface area (Å²) in [7, 11) is 10.6. The van der Waals surface area contributed by atoms with Gasteiger partial charge in [-0.25, -0.2) is 0 Å². The van der Waals surface area contributed by atoms with Crippen molar-refractivity contribution in [1.29, 1.82) is 0 Å². The molecule has 10 heteroatoms. The lowest BCUT2D eigenvalue weighted by atomic mass is 9.84. The van der Waals surface area contributed by atoms with E-state index < -0.39 is 0 Å². The van der Waals surface area contributed by atoms with E-state index >= 15 is 0 Å². The topological polar surface area (TPSA) is 83.9 Å². The van der Waals surface area contributed by atoms with Gasteiger partial charge in [-0.3, -0.25) is 14.6 Å². The van der Waals surface area contributed by atoms with Crippen LogP contribution in [0.25, 0.3) is 0 Å². The molecule has 2 heterocycles. The summed E-state index contributed by atoms with van der Waals surface area (Å²) in [6.07, 6.45) is 1.44. The highest BCUT2D eigenvalue weighted by molar-refractivity contribution is 5.89. The predicted molar refractivity (Wildman–Crippen MR) is 199 cm³/mol. The molecule has 2 saturated heterocycles. The van der Waals surface area contributed by atoms with Gasteiger partial charge in [-0.1, -0.05) is 6.92 Å². The number of aliphatic hydroxyl groups excluding tert-OH is 1. The van der Waals surface area contributed by atoms with E-state index in [0.29, 0.717) is 25.2 Å². The van der Waals surface area contributed by atoms with Crippen LogP contribution in [-0.4, -0.2) is 119 Å². The van der Waals surface area contributed by atoms with E-state index in [1.54, 1.807) is 28.4 Å². The van der Waals surface area contributed by atoms with E-state index in [4.69, 9.17) is 18.9 Å². The maximum Gasteiger partial charge on any atom is 0.154 e. The number of nitrogens with zero attached hydrogens (tertiary/aromatic N) is 3. The number of ketones is 1. The second-order valence-electron chi connectivity index (χ2n) is 13.4. The van der Waals surface area contributed by atoms with Crippen LogP contribution in [0.4, 0.5) is 0 Å². The molecule has 274 valence electrons. The molecule has 2 aromatic rings. The first kappa shape index (κ1) is 43.5. The Kier molecular flexibility index (Phi) is 18.9. The number of likely N-dealkylation sites (N-methyl/N-ethyl adjacent to an activating group) is 2. The van der Waals surface area contributed by atoms with Gasteiger partial charge >= 0.3 is 0 Å². The largest absolute Gasteiger partial charge is 0.497 e. The molecule has 0 radical (unpaired) electrons. The van der Waals surface area contributed by atoms with E-state index in [0.717, 1.165) is 77.7 Å². The Morgan fingerprint density at radius 1 is 0.792 bits per heavy atom. The van der Waals surface area contributed by atoms with Gasteiger partial charge in [-0.2, -0.15) is 0 Å². The highest BCUT2D eigenvalue weighted by Gasteiger charge is 2.32. The summed E-state index contributed by atoms with van der Waals surface area (Å²) < 4.78 is 21.5. The minimum Gasteiger partial charge on any atom is -0.497 e. The summed E-state index contributed by atoms with van der Waals surface area (Å²) in [5.74, 6) is 3.46. The summed E-state index contributed by atoms with van der Waals surface area (Å²) in [5, 5.41) is 10.3. The Morgan fingerprint density at radius 2 is 1.27 bits per heavy atom. The van der Waals surface area contributed by atoms with Gasteiger partial charge < -0.3 is 29.0 Å². The van der Waals surface area contributed by atoms with Crippen LogP contribution in [-0.2, 0) is 4.79 Å². The maximum absolute atomic E-state index is 12.3. The third-order valence-electron chi connectivity index (χ3n) is 9.37. The van der Waals surface area contributed by atoms with Gasteiger partial charge in [0.05, 0.1) is 41.1 Å². The first-order valence-corrected chi connectivity index (χ1v) is 17.0. The number of carbonyl (C=O) groups is 1. The molecule has 9 nitrogen and oxygen atoms in total. The van der Waals surface area contributed by atoms with Crippen LogP contribution in [0, 0.1) is 13.8 Å². The number of halogens is 1. The zero-order valence-electron chi connectivity index (χ0n) is 31.9. The number of hydrogen-bond donors (Lipinski definition) is 1. The Morgan fingerprint density at radius 3 is 1.67 bits per heavy atom. The van der Waals surface area contributed by atoms with Gasteiger partial charge in [0.25, 0.3) is 0 Å². The summed E-state index contributed by atoms with van der Waals surface area (Å²) in [6.45, 7) is 19.5. The van der Waals surface area contributed by atoms with E-state index in [2.05, 4.69) is 49.3 Å². The van der Waals surface area contributed by atoms with Crippen molar-refractivity contribution in [3.8, 4) is 23.0 Å². The zero-order valence-corrected chi connectivity index (χ0v) is 32.7. The first-order chi connectivity index (χ1) is 22.2. The van der Waals surface area contributed by atoms with Gasteiger partial charge in [-0.15, -0.1) is 12.4 Å². The van der Waals surface area contributed by atoms with Crippen LogP contribution in [0.3, 0.4) is 0 Å². The van der Waals surface area contributed by atoms with Gasteiger partial charge in [0, 0.05) is 53.7 Å². The van der Waals surface area contributed by atoms with Crippen molar-refractivity contribution < 1.29 is 28.8 Å². The highest BCUT2D eigenvalue weighted by Crippen LogP contribution is 2.39. The Balaban J connectivity index is 0.000000380. The molecule has 3 unspecified atom stereocenters. The van der Waals surface area contributed by atoms with Crippen molar-refractivity contribution in [2.45, 2.75) is 91.3 Å². The number of aliphatic hydroxyl groups is 1. The van der Waals surface area contributed by atoms with Crippen LogP contribution in [0.1, 0.15) is 81.5 Å². The van der Waals surface area contributed by atoms with Crippen molar-refractivity contribution in [3.63, 3.8) is 0 Å². The minimum absolute atomic E-state index is 0. The van der Waals surface area contributed by atoms with E-state index in [9.17, 15) is 9.90 Å². The molecule has 2 aliphatic heterocycles. The number of β-amino-alcohol motifs (C(OH)–C–C–N with tert-alkyl or cyclic N) is 1. The molecule has 4 rings (SSSR count). The fourth-order valence-corrected chi connectivity index (χ4v) is 6.99. The summed E-state index contributed by atoms with van der Waals surface area (Å²) in [6, 6.07) is 9.10. The number of hydrogen-bond acceptors (Lipinski definition) is 9. The molecule has 0 spiro atoms.